The molecule has 0 rings (SSSR count). The van der Waals surface area contributed by atoms with Crippen LogP contribution in [-0.2, 0) is 0 Å². The molecule has 0 spiro atoms. The van der Waals surface area contributed by atoms with Gasteiger partial charge in [0.05, 0.1) is 6.10 Å². The molecule has 0 heterocycles. The fraction of sp³-hybridized carbons (Fsp3) is 0.857. The van der Waals surface area contributed by atoms with Crippen molar-refractivity contribution in [3.63, 3.8) is 0 Å². The van der Waals surface area contributed by atoms with Crippen LogP contribution >= 0.6 is 0 Å². The lowest BCUT2D eigenvalue weighted by atomic mass is 10.0. The molecule has 172 valence electrons. The van der Waals surface area contributed by atoms with Gasteiger partial charge in [-0.25, -0.2) is 0 Å². The molecule has 0 saturated carbocycles. The minimum absolute atomic E-state index is 0.0735. The van der Waals surface area contributed by atoms with Crippen LogP contribution in [0.15, 0.2) is 24.3 Å². The smallest absolute Gasteiger partial charge is 0.0540 e. The first-order valence-corrected chi connectivity index (χ1v) is 13.3. The Balaban J connectivity index is 3.28. The number of aliphatic hydroxyl groups excluding tert-OH is 1. The van der Waals surface area contributed by atoms with Gasteiger partial charge in [0, 0.05) is 0 Å². The second-order valence-corrected chi connectivity index (χ2v) is 8.92. The number of allylic oxidation sites excluding steroid dienone is 4. The van der Waals surface area contributed by atoms with Crippen LogP contribution in [0.25, 0.3) is 0 Å². The van der Waals surface area contributed by atoms with Crippen LogP contribution in [0.5, 0.6) is 0 Å². The average Bonchev–Trinajstić information content (AvgIpc) is 2.72. The summed E-state index contributed by atoms with van der Waals surface area (Å²) < 4.78 is 0. The van der Waals surface area contributed by atoms with Crippen LogP contribution in [0.2, 0.25) is 0 Å². The molecule has 0 saturated heterocycles. The van der Waals surface area contributed by atoms with Crippen molar-refractivity contribution in [2.24, 2.45) is 0 Å². The number of hydrogen-bond donors (Lipinski definition) is 1. The van der Waals surface area contributed by atoms with Crippen molar-refractivity contribution in [2.75, 3.05) is 0 Å². The lowest BCUT2D eigenvalue weighted by Crippen LogP contribution is -2.05. The van der Waals surface area contributed by atoms with Gasteiger partial charge in [0.15, 0.2) is 0 Å². The van der Waals surface area contributed by atoms with Gasteiger partial charge in [0.1, 0.15) is 0 Å². The second-order valence-electron chi connectivity index (χ2n) is 8.92. The molecule has 0 unspecified atom stereocenters. The maximum absolute atomic E-state index is 10.1. The van der Waals surface area contributed by atoms with Gasteiger partial charge in [-0.05, 0) is 57.8 Å². The minimum atomic E-state index is -0.0735. The first-order valence-electron chi connectivity index (χ1n) is 13.3. The highest BCUT2D eigenvalue weighted by molar-refractivity contribution is 4.85. The summed E-state index contributed by atoms with van der Waals surface area (Å²) in [7, 11) is 0. The van der Waals surface area contributed by atoms with Crippen LogP contribution in [0, 0.1) is 0 Å². The highest BCUT2D eigenvalue weighted by atomic mass is 16.3. The lowest BCUT2D eigenvalue weighted by molar-refractivity contribution is 0.148. The first-order chi connectivity index (χ1) is 14.3. The van der Waals surface area contributed by atoms with Crippen molar-refractivity contribution in [2.45, 2.75) is 155 Å². The third kappa shape index (κ3) is 25.4. The largest absolute Gasteiger partial charge is 0.393 e. The SMILES string of the molecule is CCCCCCCC=CCCCC=CCCC[C@@H](O)CCCCCCCCCC. The van der Waals surface area contributed by atoms with Crippen molar-refractivity contribution >= 4 is 0 Å². The molecule has 1 heteroatoms. The molecule has 0 bridgehead atoms. The van der Waals surface area contributed by atoms with Gasteiger partial charge >= 0.3 is 0 Å². The van der Waals surface area contributed by atoms with E-state index in [0.29, 0.717) is 0 Å². The molecule has 1 atom stereocenters. The molecule has 0 aliphatic heterocycles. The van der Waals surface area contributed by atoms with Gasteiger partial charge < -0.3 is 5.11 Å². The van der Waals surface area contributed by atoms with Crippen molar-refractivity contribution in [1.29, 1.82) is 0 Å². The summed E-state index contributed by atoms with van der Waals surface area (Å²) in [4.78, 5) is 0. The molecule has 0 aliphatic rings. The molecule has 0 aromatic heterocycles. The van der Waals surface area contributed by atoms with Gasteiger partial charge in [0.25, 0.3) is 0 Å². The predicted octanol–water partition coefficient (Wildman–Crippen LogP) is 9.69. The molecule has 1 N–H and O–H groups in total. The van der Waals surface area contributed by atoms with Crippen LogP contribution in [0.4, 0.5) is 0 Å². The van der Waals surface area contributed by atoms with Crippen LogP contribution in [-0.4, -0.2) is 11.2 Å². The summed E-state index contributed by atoms with van der Waals surface area (Å²) in [6, 6.07) is 0. The van der Waals surface area contributed by atoms with E-state index in [2.05, 4.69) is 38.2 Å². The zero-order valence-corrected chi connectivity index (χ0v) is 20.2. The summed E-state index contributed by atoms with van der Waals surface area (Å²) in [5.74, 6) is 0. The van der Waals surface area contributed by atoms with E-state index in [1.807, 2.05) is 0 Å². The van der Waals surface area contributed by atoms with E-state index in [0.717, 1.165) is 25.7 Å². The Morgan fingerprint density at radius 2 is 0.828 bits per heavy atom. The molecule has 0 fully saturated rings. The van der Waals surface area contributed by atoms with Crippen molar-refractivity contribution in [1.82, 2.24) is 0 Å². The summed E-state index contributed by atoms with van der Waals surface area (Å²) in [6.07, 6.45) is 36.2. The average molecular weight is 407 g/mol. The van der Waals surface area contributed by atoms with Crippen LogP contribution in [0.3, 0.4) is 0 Å². The summed E-state index contributed by atoms with van der Waals surface area (Å²) in [5.41, 5.74) is 0. The quantitative estimate of drug-likeness (QED) is 0.132. The summed E-state index contributed by atoms with van der Waals surface area (Å²) in [6.45, 7) is 4.55. The Kier molecular flexibility index (Phi) is 25.0. The van der Waals surface area contributed by atoms with E-state index in [1.165, 1.54) is 109 Å². The van der Waals surface area contributed by atoms with E-state index in [9.17, 15) is 5.11 Å². The molecule has 0 aromatic rings. The fourth-order valence-corrected chi connectivity index (χ4v) is 3.82. The highest BCUT2D eigenvalue weighted by Crippen LogP contribution is 2.13. The Bertz CT molecular complexity index is 344. The van der Waals surface area contributed by atoms with Gasteiger partial charge in [-0.1, -0.05) is 115 Å². The van der Waals surface area contributed by atoms with Gasteiger partial charge in [-0.2, -0.15) is 0 Å². The fourth-order valence-electron chi connectivity index (χ4n) is 3.82. The Morgan fingerprint density at radius 1 is 0.448 bits per heavy atom. The topological polar surface area (TPSA) is 20.2 Å². The van der Waals surface area contributed by atoms with E-state index in [-0.39, 0.29) is 6.10 Å². The van der Waals surface area contributed by atoms with E-state index < -0.39 is 0 Å². The zero-order valence-electron chi connectivity index (χ0n) is 20.2. The molecular formula is C28H54O. The highest BCUT2D eigenvalue weighted by Gasteiger charge is 2.02. The predicted molar refractivity (Wildman–Crippen MR) is 133 cm³/mol. The van der Waals surface area contributed by atoms with Gasteiger partial charge in [-0.3, -0.25) is 0 Å². The van der Waals surface area contributed by atoms with Crippen molar-refractivity contribution < 1.29 is 5.11 Å². The molecular weight excluding hydrogens is 352 g/mol. The standard InChI is InChI=1S/C28H54O/c1-3-5-7-9-11-13-14-15-16-17-18-19-21-23-25-27-28(29)26-24-22-20-12-10-8-6-4-2/h14-15,19,21,28-29H,3-13,16-18,20,22-27H2,1-2H3/t28-/m0/s1. The van der Waals surface area contributed by atoms with Crippen molar-refractivity contribution in [3.8, 4) is 0 Å². The van der Waals surface area contributed by atoms with Crippen LogP contribution < -0.4 is 0 Å². The number of unbranched alkanes of at least 4 members (excludes halogenated alkanes) is 15. The number of aliphatic hydroxyl groups is 1. The van der Waals surface area contributed by atoms with Gasteiger partial charge in [0.2, 0.25) is 0 Å². The van der Waals surface area contributed by atoms with E-state index in [4.69, 9.17) is 0 Å². The van der Waals surface area contributed by atoms with E-state index in [1.54, 1.807) is 0 Å². The van der Waals surface area contributed by atoms with E-state index >= 15 is 0 Å². The molecule has 0 radical (unpaired) electrons. The molecule has 0 aliphatic carbocycles. The molecule has 0 amide bonds. The third-order valence-corrected chi connectivity index (χ3v) is 5.85. The maximum Gasteiger partial charge on any atom is 0.0540 e. The number of hydrogen-bond acceptors (Lipinski definition) is 1. The molecule has 0 aromatic carbocycles. The maximum atomic E-state index is 10.1. The summed E-state index contributed by atoms with van der Waals surface area (Å²) >= 11 is 0. The summed E-state index contributed by atoms with van der Waals surface area (Å²) in [5, 5.41) is 10.1. The zero-order chi connectivity index (χ0) is 21.3. The molecule has 1 nitrogen and oxygen atoms in total. The van der Waals surface area contributed by atoms with Crippen LogP contribution in [0.1, 0.15) is 149 Å². The van der Waals surface area contributed by atoms with Crippen molar-refractivity contribution in [3.05, 3.63) is 24.3 Å². The lowest BCUT2D eigenvalue weighted by Gasteiger charge is -2.09. The second kappa shape index (κ2) is 25.5. The first kappa shape index (κ1) is 28.4. The Morgan fingerprint density at radius 3 is 1.38 bits per heavy atom. The Hall–Kier alpha value is -0.560. The Labute approximate surface area is 184 Å². The number of rotatable bonds is 23. The minimum Gasteiger partial charge on any atom is -0.393 e. The molecule has 29 heavy (non-hydrogen) atoms. The normalized spacial score (nSPS) is 13.1. The van der Waals surface area contributed by atoms with Gasteiger partial charge in [-0.15, -0.1) is 0 Å². The monoisotopic (exact) mass is 406 g/mol. The third-order valence-electron chi connectivity index (χ3n) is 5.85.